The zero-order chi connectivity index (χ0) is 16.1. The van der Waals surface area contributed by atoms with Crippen LogP contribution in [0.4, 0.5) is 0 Å². The number of ether oxygens (including phenoxy) is 5. The molecule has 0 amide bonds. The van der Waals surface area contributed by atoms with Gasteiger partial charge in [0.1, 0.15) is 0 Å². The average molecular weight is 306 g/mol. The highest BCUT2D eigenvalue weighted by Gasteiger charge is 2.21. The molecular formula is C14H26O7. The molecule has 0 radical (unpaired) electrons. The lowest BCUT2D eigenvalue weighted by Gasteiger charge is -2.17. The lowest BCUT2D eigenvalue weighted by atomic mass is 10.4. The van der Waals surface area contributed by atoms with Crippen LogP contribution < -0.4 is 0 Å². The highest BCUT2D eigenvalue weighted by atomic mass is 16.7. The molecule has 0 heterocycles. The van der Waals surface area contributed by atoms with E-state index in [1.165, 1.54) is 0 Å². The third kappa shape index (κ3) is 10.4. The van der Waals surface area contributed by atoms with Crippen molar-refractivity contribution >= 4 is 11.9 Å². The molecule has 21 heavy (non-hydrogen) atoms. The van der Waals surface area contributed by atoms with E-state index in [1.54, 1.807) is 27.7 Å². The molecular weight excluding hydrogens is 280 g/mol. The quantitative estimate of drug-likeness (QED) is 0.308. The summed E-state index contributed by atoms with van der Waals surface area (Å²) in [5.74, 6) is -1.39. The van der Waals surface area contributed by atoms with Crippen LogP contribution in [-0.2, 0) is 33.3 Å². The standard InChI is InChI=1S/C14H26O7/c1-5-17-13(18-6-2)9-11(15)21-12(16)10-14(19-7-3)20-8-4/h13-14H,5-10H2,1-4H3. The number of hydrogen-bond donors (Lipinski definition) is 0. The van der Waals surface area contributed by atoms with Crippen LogP contribution in [0, 0.1) is 0 Å². The second kappa shape index (κ2) is 12.7. The molecule has 0 rings (SSSR count). The second-order valence-electron chi connectivity index (χ2n) is 3.93. The van der Waals surface area contributed by atoms with E-state index in [0.717, 1.165) is 0 Å². The van der Waals surface area contributed by atoms with E-state index < -0.39 is 24.5 Å². The van der Waals surface area contributed by atoms with E-state index in [9.17, 15) is 9.59 Å². The molecule has 0 unspecified atom stereocenters. The van der Waals surface area contributed by atoms with Gasteiger partial charge < -0.3 is 23.7 Å². The van der Waals surface area contributed by atoms with Gasteiger partial charge in [-0.2, -0.15) is 0 Å². The monoisotopic (exact) mass is 306 g/mol. The Labute approximate surface area is 125 Å². The summed E-state index contributed by atoms with van der Waals surface area (Å²) in [4.78, 5) is 23.3. The molecule has 0 atom stereocenters. The van der Waals surface area contributed by atoms with Crippen molar-refractivity contribution in [1.29, 1.82) is 0 Å². The summed E-state index contributed by atoms with van der Waals surface area (Å²) in [6.45, 7) is 8.78. The normalized spacial score (nSPS) is 11.1. The predicted molar refractivity (Wildman–Crippen MR) is 74.4 cm³/mol. The van der Waals surface area contributed by atoms with Crippen molar-refractivity contribution < 1.29 is 33.3 Å². The largest absolute Gasteiger partial charge is 0.393 e. The van der Waals surface area contributed by atoms with E-state index in [-0.39, 0.29) is 12.8 Å². The van der Waals surface area contributed by atoms with Crippen LogP contribution in [0.5, 0.6) is 0 Å². The Morgan fingerprint density at radius 2 is 0.952 bits per heavy atom. The Balaban J connectivity index is 4.19. The fraction of sp³-hybridized carbons (Fsp3) is 0.857. The first-order valence-corrected chi connectivity index (χ1v) is 7.27. The molecule has 0 N–H and O–H groups in total. The van der Waals surface area contributed by atoms with Crippen LogP contribution in [0.1, 0.15) is 40.5 Å². The molecule has 0 fully saturated rings. The SMILES string of the molecule is CCOC(CC(=O)OC(=O)CC(OCC)OCC)OCC. The van der Waals surface area contributed by atoms with Crippen molar-refractivity contribution in [2.75, 3.05) is 26.4 Å². The minimum Gasteiger partial charge on any atom is -0.393 e. The molecule has 0 aliphatic carbocycles. The molecule has 0 aromatic heterocycles. The number of hydrogen-bond acceptors (Lipinski definition) is 7. The molecule has 7 heteroatoms. The summed E-state index contributed by atoms with van der Waals surface area (Å²) in [6.07, 6.45) is -1.67. The fourth-order valence-electron chi connectivity index (χ4n) is 1.56. The van der Waals surface area contributed by atoms with Crippen molar-refractivity contribution in [3.8, 4) is 0 Å². The first kappa shape index (κ1) is 20.0. The van der Waals surface area contributed by atoms with Crippen LogP contribution in [0.25, 0.3) is 0 Å². The number of rotatable bonds is 12. The first-order chi connectivity index (χ1) is 10.1. The van der Waals surface area contributed by atoms with Crippen LogP contribution in [0.15, 0.2) is 0 Å². The molecule has 0 saturated carbocycles. The Kier molecular flexibility index (Phi) is 12.1. The van der Waals surface area contributed by atoms with E-state index in [2.05, 4.69) is 0 Å². The van der Waals surface area contributed by atoms with Gasteiger partial charge in [0.05, 0.1) is 12.8 Å². The van der Waals surface area contributed by atoms with E-state index >= 15 is 0 Å². The molecule has 0 aromatic carbocycles. The van der Waals surface area contributed by atoms with Gasteiger partial charge in [-0.15, -0.1) is 0 Å². The van der Waals surface area contributed by atoms with E-state index in [4.69, 9.17) is 23.7 Å². The zero-order valence-electron chi connectivity index (χ0n) is 13.3. The molecule has 7 nitrogen and oxygen atoms in total. The van der Waals surface area contributed by atoms with Crippen molar-refractivity contribution in [3.05, 3.63) is 0 Å². The lowest BCUT2D eigenvalue weighted by Crippen LogP contribution is -2.27. The average Bonchev–Trinajstić information content (AvgIpc) is 2.39. The molecule has 0 bridgehead atoms. The third-order valence-corrected chi connectivity index (χ3v) is 2.30. The Morgan fingerprint density at radius 1 is 0.667 bits per heavy atom. The van der Waals surface area contributed by atoms with E-state index in [1.807, 2.05) is 0 Å². The van der Waals surface area contributed by atoms with Gasteiger partial charge in [0.2, 0.25) is 0 Å². The van der Waals surface area contributed by atoms with E-state index in [0.29, 0.717) is 26.4 Å². The zero-order valence-corrected chi connectivity index (χ0v) is 13.3. The highest BCUT2D eigenvalue weighted by Crippen LogP contribution is 2.06. The third-order valence-electron chi connectivity index (χ3n) is 2.30. The summed E-state index contributed by atoms with van der Waals surface area (Å²) < 4.78 is 25.5. The summed E-state index contributed by atoms with van der Waals surface area (Å²) in [5.41, 5.74) is 0. The molecule has 0 spiro atoms. The van der Waals surface area contributed by atoms with Gasteiger partial charge in [-0.3, -0.25) is 9.59 Å². The lowest BCUT2D eigenvalue weighted by molar-refractivity contribution is -0.181. The van der Waals surface area contributed by atoms with Crippen molar-refractivity contribution in [2.24, 2.45) is 0 Å². The second-order valence-corrected chi connectivity index (χ2v) is 3.93. The van der Waals surface area contributed by atoms with Crippen LogP contribution >= 0.6 is 0 Å². The molecule has 0 aliphatic heterocycles. The molecule has 0 saturated heterocycles. The number of carbonyl (C=O) groups is 2. The number of carbonyl (C=O) groups excluding carboxylic acids is 2. The van der Waals surface area contributed by atoms with Gasteiger partial charge >= 0.3 is 11.9 Å². The summed E-state index contributed by atoms with van der Waals surface area (Å²) in [6, 6.07) is 0. The number of esters is 2. The Bertz CT molecular complexity index is 253. The minimum atomic E-state index is -0.699. The van der Waals surface area contributed by atoms with Gasteiger partial charge in [0.15, 0.2) is 12.6 Å². The van der Waals surface area contributed by atoms with Gasteiger partial charge in [0.25, 0.3) is 0 Å². The molecule has 0 aliphatic rings. The van der Waals surface area contributed by atoms with Crippen molar-refractivity contribution in [3.63, 3.8) is 0 Å². The highest BCUT2D eigenvalue weighted by molar-refractivity contribution is 5.85. The van der Waals surface area contributed by atoms with Gasteiger partial charge in [0, 0.05) is 26.4 Å². The maximum atomic E-state index is 11.6. The van der Waals surface area contributed by atoms with Crippen LogP contribution in [-0.4, -0.2) is 50.9 Å². The fourth-order valence-corrected chi connectivity index (χ4v) is 1.56. The van der Waals surface area contributed by atoms with Crippen LogP contribution in [0.2, 0.25) is 0 Å². The maximum absolute atomic E-state index is 11.6. The maximum Gasteiger partial charge on any atom is 0.318 e. The molecule has 0 aromatic rings. The summed E-state index contributed by atoms with van der Waals surface area (Å²) in [5, 5.41) is 0. The van der Waals surface area contributed by atoms with Gasteiger partial charge in [-0.25, -0.2) is 0 Å². The molecule has 124 valence electrons. The minimum absolute atomic E-state index is 0.138. The van der Waals surface area contributed by atoms with Crippen LogP contribution in [0.3, 0.4) is 0 Å². The predicted octanol–water partition coefficient (Wildman–Crippen LogP) is 1.63. The smallest absolute Gasteiger partial charge is 0.318 e. The van der Waals surface area contributed by atoms with Crippen molar-refractivity contribution in [2.45, 2.75) is 53.1 Å². The van der Waals surface area contributed by atoms with Gasteiger partial charge in [-0.05, 0) is 27.7 Å². The first-order valence-electron chi connectivity index (χ1n) is 7.27. The van der Waals surface area contributed by atoms with Gasteiger partial charge in [-0.1, -0.05) is 0 Å². The van der Waals surface area contributed by atoms with Crippen molar-refractivity contribution in [1.82, 2.24) is 0 Å². The Hall–Kier alpha value is -1.02. The Morgan fingerprint density at radius 3 is 1.19 bits per heavy atom. The topological polar surface area (TPSA) is 80.3 Å². The summed E-state index contributed by atoms with van der Waals surface area (Å²) >= 11 is 0. The summed E-state index contributed by atoms with van der Waals surface area (Å²) in [7, 11) is 0.